The second-order valence-electron chi connectivity index (χ2n) is 4.10. The Labute approximate surface area is 110 Å². The SMILES string of the molecule is CCNC(CCOCC)c1ccc(OCC)cc1. The molecule has 0 saturated heterocycles. The summed E-state index contributed by atoms with van der Waals surface area (Å²) in [5, 5.41) is 3.49. The molecule has 0 radical (unpaired) electrons. The van der Waals surface area contributed by atoms with Crippen LogP contribution in [0.3, 0.4) is 0 Å². The van der Waals surface area contributed by atoms with Gasteiger partial charge in [-0.1, -0.05) is 19.1 Å². The van der Waals surface area contributed by atoms with Crippen molar-refractivity contribution in [3.8, 4) is 5.75 Å². The Hall–Kier alpha value is -1.06. The molecule has 0 bridgehead atoms. The van der Waals surface area contributed by atoms with Gasteiger partial charge in [0.1, 0.15) is 5.75 Å². The Morgan fingerprint density at radius 2 is 1.78 bits per heavy atom. The van der Waals surface area contributed by atoms with E-state index < -0.39 is 0 Å². The summed E-state index contributed by atoms with van der Waals surface area (Å²) < 4.78 is 10.9. The van der Waals surface area contributed by atoms with Gasteiger partial charge in [-0.05, 0) is 44.5 Å². The fourth-order valence-corrected chi connectivity index (χ4v) is 1.94. The maximum absolute atomic E-state index is 5.45. The minimum Gasteiger partial charge on any atom is -0.494 e. The monoisotopic (exact) mass is 251 g/mol. The first-order valence-electron chi connectivity index (χ1n) is 6.85. The van der Waals surface area contributed by atoms with Gasteiger partial charge in [0, 0.05) is 19.3 Å². The molecule has 3 heteroatoms. The van der Waals surface area contributed by atoms with Gasteiger partial charge in [-0.2, -0.15) is 0 Å². The van der Waals surface area contributed by atoms with Crippen LogP contribution in [0, 0.1) is 0 Å². The van der Waals surface area contributed by atoms with Gasteiger partial charge in [0.25, 0.3) is 0 Å². The van der Waals surface area contributed by atoms with Gasteiger partial charge in [0.2, 0.25) is 0 Å². The van der Waals surface area contributed by atoms with E-state index in [0.717, 1.165) is 31.9 Å². The van der Waals surface area contributed by atoms with Crippen molar-refractivity contribution in [2.24, 2.45) is 0 Å². The van der Waals surface area contributed by atoms with Crippen molar-refractivity contribution in [3.63, 3.8) is 0 Å². The quantitative estimate of drug-likeness (QED) is 0.684. The second kappa shape index (κ2) is 8.95. The van der Waals surface area contributed by atoms with Gasteiger partial charge >= 0.3 is 0 Å². The minimum atomic E-state index is 0.359. The Morgan fingerprint density at radius 1 is 1.06 bits per heavy atom. The van der Waals surface area contributed by atoms with E-state index in [2.05, 4.69) is 24.4 Å². The summed E-state index contributed by atoms with van der Waals surface area (Å²) in [5.41, 5.74) is 1.29. The first-order valence-corrected chi connectivity index (χ1v) is 6.85. The van der Waals surface area contributed by atoms with Gasteiger partial charge in [-0.15, -0.1) is 0 Å². The maximum atomic E-state index is 5.45. The molecule has 102 valence electrons. The highest BCUT2D eigenvalue weighted by molar-refractivity contribution is 5.29. The molecular formula is C15H25NO2. The summed E-state index contributed by atoms with van der Waals surface area (Å²) in [5.74, 6) is 0.932. The van der Waals surface area contributed by atoms with E-state index in [9.17, 15) is 0 Å². The molecule has 1 aromatic rings. The van der Waals surface area contributed by atoms with E-state index in [0.29, 0.717) is 12.6 Å². The summed E-state index contributed by atoms with van der Waals surface area (Å²) in [4.78, 5) is 0. The number of nitrogens with one attached hydrogen (secondary N) is 1. The summed E-state index contributed by atoms with van der Waals surface area (Å²) in [6, 6.07) is 8.68. The zero-order valence-corrected chi connectivity index (χ0v) is 11.7. The fraction of sp³-hybridized carbons (Fsp3) is 0.600. The third kappa shape index (κ3) is 5.07. The van der Waals surface area contributed by atoms with E-state index in [1.54, 1.807) is 0 Å². The standard InChI is InChI=1S/C15H25NO2/c1-4-16-15(11-12-17-5-2)13-7-9-14(10-8-13)18-6-3/h7-10,15-16H,4-6,11-12H2,1-3H3. The van der Waals surface area contributed by atoms with Crippen molar-refractivity contribution in [1.82, 2.24) is 5.32 Å². The minimum absolute atomic E-state index is 0.359. The third-order valence-electron chi connectivity index (χ3n) is 2.80. The lowest BCUT2D eigenvalue weighted by Gasteiger charge is -2.18. The number of ether oxygens (including phenoxy) is 2. The van der Waals surface area contributed by atoms with Gasteiger partial charge in [0.05, 0.1) is 6.61 Å². The Morgan fingerprint density at radius 3 is 2.33 bits per heavy atom. The fourth-order valence-electron chi connectivity index (χ4n) is 1.94. The van der Waals surface area contributed by atoms with E-state index in [1.165, 1.54) is 5.56 Å². The molecular weight excluding hydrogens is 226 g/mol. The molecule has 0 heterocycles. The van der Waals surface area contributed by atoms with Crippen LogP contribution in [0.15, 0.2) is 24.3 Å². The smallest absolute Gasteiger partial charge is 0.119 e. The molecule has 1 rings (SSSR count). The Bertz CT molecular complexity index is 311. The second-order valence-corrected chi connectivity index (χ2v) is 4.10. The van der Waals surface area contributed by atoms with Crippen LogP contribution in [-0.2, 0) is 4.74 Å². The van der Waals surface area contributed by atoms with Crippen molar-refractivity contribution >= 4 is 0 Å². The first-order chi connectivity index (χ1) is 8.81. The molecule has 1 atom stereocenters. The van der Waals surface area contributed by atoms with Crippen LogP contribution in [0.25, 0.3) is 0 Å². The van der Waals surface area contributed by atoms with Crippen molar-refractivity contribution in [2.45, 2.75) is 33.2 Å². The molecule has 1 aromatic carbocycles. The average molecular weight is 251 g/mol. The first kappa shape index (κ1) is 15.0. The van der Waals surface area contributed by atoms with Crippen LogP contribution in [0.2, 0.25) is 0 Å². The maximum Gasteiger partial charge on any atom is 0.119 e. The highest BCUT2D eigenvalue weighted by atomic mass is 16.5. The van der Waals surface area contributed by atoms with Crippen LogP contribution in [0.1, 0.15) is 38.8 Å². The van der Waals surface area contributed by atoms with E-state index >= 15 is 0 Å². The van der Waals surface area contributed by atoms with Crippen LogP contribution >= 0.6 is 0 Å². The van der Waals surface area contributed by atoms with Gasteiger partial charge in [0.15, 0.2) is 0 Å². The summed E-state index contributed by atoms with van der Waals surface area (Å²) >= 11 is 0. The van der Waals surface area contributed by atoms with Crippen molar-refractivity contribution in [3.05, 3.63) is 29.8 Å². The molecule has 1 unspecified atom stereocenters. The van der Waals surface area contributed by atoms with Crippen molar-refractivity contribution in [2.75, 3.05) is 26.4 Å². The Kier molecular flexibility index (Phi) is 7.46. The summed E-state index contributed by atoms with van der Waals surface area (Å²) in [6.07, 6.45) is 0.996. The van der Waals surface area contributed by atoms with Crippen LogP contribution < -0.4 is 10.1 Å². The molecule has 3 nitrogen and oxygen atoms in total. The molecule has 0 amide bonds. The lowest BCUT2D eigenvalue weighted by atomic mass is 10.0. The van der Waals surface area contributed by atoms with E-state index in [-0.39, 0.29) is 0 Å². The molecule has 0 saturated carbocycles. The zero-order chi connectivity index (χ0) is 13.2. The topological polar surface area (TPSA) is 30.5 Å². The molecule has 0 aliphatic heterocycles. The van der Waals surface area contributed by atoms with Crippen LogP contribution in [-0.4, -0.2) is 26.4 Å². The molecule has 0 fully saturated rings. The predicted molar refractivity (Wildman–Crippen MR) is 75.1 cm³/mol. The molecule has 0 aromatic heterocycles. The van der Waals surface area contributed by atoms with Gasteiger partial charge in [-0.3, -0.25) is 0 Å². The predicted octanol–water partition coefficient (Wildman–Crippen LogP) is 3.16. The largest absolute Gasteiger partial charge is 0.494 e. The van der Waals surface area contributed by atoms with E-state index in [4.69, 9.17) is 9.47 Å². The average Bonchev–Trinajstić information content (AvgIpc) is 2.39. The van der Waals surface area contributed by atoms with Crippen LogP contribution in [0.5, 0.6) is 5.75 Å². The number of benzene rings is 1. The summed E-state index contributed by atoms with van der Waals surface area (Å²) in [7, 11) is 0. The van der Waals surface area contributed by atoms with Crippen LogP contribution in [0.4, 0.5) is 0 Å². The molecule has 0 spiro atoms. The zero-order valence-electron chi connectivity index (χ0n) is 11.7. The van der Waals surface area contributed by atoms with Gasteiger partial charge in [-0.25, -0.2) is 0 Å². The third-order valence-corrected chi connectivity index (χ3v) is 2.80. The highest BCUT2D eigenvalue weighted by Gasteiger charge is 2.09. The van der Waals surface area contributed by atoms with Gasteiger partial charge < -0.3 is 14.8 Å². The molecule has 18 heavy (non-hydrogen) atoms. The molecule has 1 N–H and O–H groups in total. The lowest BCUT2D eigenvalue weighted by Crippen LogP contribution is -2.22. The number of hydrogen-bond donors (Lipinski definition) is 1. The Balaban J connectivity index is 2.60. The van der Waals surface area contributed by atoms with Crippen molar-refractivity contribution in [1.29, 1.82) is 0 Å². The van der Waals surface area contributed by atoms with E-state index in [1.807, 2.05) is 26.0 Å². The lowest BCUT2D eigenvalue weighted by molar-refractivity contribution is 0.136. The summed E-state index contributed by atoms with van der Waals surface area (Å²) in [6.45, 7) is 9.40. The molecule has 0 aliphatic carbocycles. The number of rotatable bonds is 9. The normalized spacial score (nSPS) is 12.4. The highest BCUT2D eigenvalue weighted by Crippen LogP contribution is 2.20. The number of hydrogen-bond acceptors (Lipinski definition) is 3. The molecule has 0 aliphatic rings. The van der Waals surface area contributed by atoms with Crippen molar-refractivity contribution < 1.29 is 9.47 Å².